The van der Waals surface area contributed by atoms with Crippen LogP contribution in [-0.2, 0) is 4.74 Å². The molecule has 0 spiro atoms. The molecule has 7 nitrogen and oxygen atoms in total. The van der Waals surface area contributed by atoms with Crippen molar-refractivity contribution in [1.82, 2.24) is 20.2 Å². The fraction of sp³-hybridized carbons (Fsp3) is 0.611. The predicted octanol–water partition coefficient (Wildman–Crippen LogP) is 1.66. The lowest BCUT2D eigenvalue weighted by Gasteiger charge is -2.33. The van der Waals surface area contributed by atoms with Crippen LogP contribution < -0.4 is 10.2 Å². The average molecular weight is 375 g/mol. The van der Waals surface area contributed by atoms with Gasteiger partial charge in [-0.25, -0.2) is 9.97 Å². The first-order chi connectivity index (χ1) is 12.6. The van der Waals surface area contributed by atoms with E-state index in [0.29, 0.717) is 6.54 Å². The number of rotatable bonds is 4. The maximum Gasteiger partial charge on any atom is 0.261 e. The van der Waals surface area contributed by atoms with Gasteiger partial charge in [0, 0.05) is 39.3 Å². The molecule has 2 aliphatic heterocycles. The van der Waals surface area contributed by atoms with Crippen LogP contribution in [0.25, 0.3) is 10.2 Å². The summed E-state index contributed by atoms with van der Waals surface area (Å²) in [7, 11) is 2.14. The van der Waals surface area contributed by atoms with Crippen molar-refractivity contribution in [3.63, 3.8) is 0 Å². The Hall–Kier alpha value is -1.77. The Morgan fingerprint density at radius 1 is 1.35 bits per heavy atom. The number of hydrogen-bond acceptors (Lipinski definition) is 7. The van der Waals surface area contributed by atoms with E-state index in [4.69, 9.17) is 4.74 Å². The summed E-state index contributed by atoms with van der Waals surface area (Å²) in [6.45, 7) is 7.29. The molecule has 1 N–H and O–H groups in total. The highest BCUT2D eigenvalue weighted by molar-refractivity contribution is 7.20. The standard InChI is InChI=1S/C18H25N5O2S/c1-12-14-16(23-7-5-22(2)6-8-23)20-11-21-18(14)26-15(12)17(24)19-10-13-4-3-9-25-13/h11,13H,3-10H2,1-2H3,(H,19,24)/t13-/m0/s1. The number of carbonyl (C=O) groups is 1. The van der Waals surface area contributed by atoms with Gasteiger partial charge in [0.1, 0.15) is 17.0 Å². The summed E-state index contributed by atoms with van der Waals surface area (Å²) in [5.74, 6) is 0.917. The summed E-state index contributed by atoms with van der Waals surface area (Å²) in [5, 5.41) is 4.04. The molecule has 26 heavy (non-hydrogen) atoms. The van der Waals surface area contributed by atoms with Crippen LogP contribution in [0.3, 0.4) is 0 Å². The van der Waals surface area contributed by atoms with Crippen LogP contribution in [0.1, 0.15) is 28.1 Å². The largest absolute Gasteiger partial charge is 0.376 e. The van der Waals surface area contributed by atoms with E-state index in [9.17, 15) is 4.79 Å². The monoisotopic (exact) mass is 375 g/mol. The number of fused-ring (bicyclic) bond motifs is 1. The van der Waals surface area contributed by atoms with E-state index in [0.717, 1.165) is 72.1 Å². The van der Waals surface area contributed by atoms with Crippen molar-refractivity contribution in [3.8, 4) is 0 Å². The number of amides is 1. The minimum absolute atomic E-state index is 0.0367. The van der Waals surface area contributed by atoms with Crippen molar-refractivity contribution < 1.29 is 9.53 Å². The molecule has 4 rings (SSSR count). The van der Waals surface area contributed by atoms with Gasteiger partial charge < -0.3 is 19.9 Å². The van der Waals surface area contributed by atoms with Gasteiger partial charge in [0.15, 0.2) is 0 Å². The fourth-order valence-corrected chi connectivity index (χ4v) is 4.68. The smallest absolute Gasteiger partial charge is 0.261 e. The highest BCUT2D eigenvalue weighted by Crippen LogP contribution is 2.35. The summed E-state index contributed by atoms with van der Waals surface area (Å²) in [6, 6.07) is 0. The quantitative estimate of drug-likeness (QED) is 0.876. The number of nitrogens with one attached hydrogen (secondary N) is 1. The molecule has 1 amide bonds. The number of aryl methyl sites for hydroxylation is 1. The van der Waals surface area contributed by atoms with Gasteiger partial charge in [-0.05, 0) is 32.4 Å². The van der Waals surface area contributed by atoms with Crippen LogP contribution >= 0.6 is 11.3 Å². The Balaban J connectivity index is 1.58. The number of aromatic nitrogens is 2. The van der Waals surface area contributed by atoms with Gasteiger partial charge in [0.25, 0.3) is 5.91 Å². The third-order valence-corrected chi connectivity index (χ3v) is 6.43. The van der Waals surface area contributed by atoms with E-state index in [-0.39, 0.29) is 12.0 Å². The molecule has 2 aromatic heterocycles. The number of hydrogen-bond donors (Lipinski definition) is 1. The third kappa shape index (κ3) is 3.41. The van der Waals surface area contributed by atoms with Gasteiger partial charge >= 0.3 is 0 Å². The molecule has 0 unspecified atom stereocenters. The summed E-state index contributed by atoms with van der Waals surface area (Å²) in [5.41, 5.74) is 0.976. The minimum Gasteiger partial charge on any atom is -0.376 e. The van der Waals surface area contributed by atoms with Crippen LogP contribution in [0.5, 0.6) is 0 Å². The SMILES string of the molecule is Cc1c(C(=O)NC[C@@H]2CCCO2)sc2ncnc(N3CCN(C)CC3)c12. The summed E-state index contributed by atoms with van der Waals surface area (Å²) < 4.78 is 5.59. The van der Waals surface area contributed by atoms with Crippen molar-refractivity contribution in [2.24, 2.45) is 0 Å². The predicted molar refractivity (Wildman–Crippen MR) is 103 cm³/mol. The molecular formula is C18H25N5O2S. The summed E-state index contributed by atoms with van der Waals surface area (Å²) in [6.07, 6.45) is 3.85. The molecule has 8 heteroatoms. The highest BCUT2D eigenvalue weighted by atomic mass is 32.1. The third-order valence-electron chi connectivity index (χ3n) is 5.23. The second kappa shape index (κ2) is 7.46. The van der Waals surface area contributed by atoms with Crippen LogP contribution in [0, 0.1) is 6.92 Å². The molecule has 1 atom stereocenters. The second-order valence-corrected chi connectivity index (χ2v) is 8.07. The highest BCUT2D eigenvalue weighted by Gasteiger charge is 2.24. The molecular weight excluding hydrogens is 350 g/mol. The molecule has 140 valence electrons. The Kier molecular flexibility index (Phi) is 5.06. The van der Waals surface area contributed by atoms with Crippen molar-refractivity contribution >= 4 is 33.3 Å². The molecule has 4 heterocycles. The van der Waals surface area contributed by atoms with Crippen LogP contribution in [-0.4, -0.2) is 73.3 Å². The summed E-state index contributed by atoms with van der Waals surface area (Å²) >= 11 is 1.45. The minimum atomic E-state index is -0.0367. The average Bonchev–Trinajstić information content (AvgIpc) is 3.28. The Morgan fingerprint density at radius 2 is 2.15 bits per heavy atom. The first-order valence-corrected chi connectivity index (χ1v) is 10.0. The molecule has 2 aliphatic rings. The van der Waals surface area contributed by atoms with Crippen molar-refractivity contribution in [2.45, 2.75) is 25.9 Å². The molecule has 0 radical (unpaired) electrons. The number of carbonyl (C=O) groups excluding carboxylic acids is 1. The number of piperazine rings is 1. The topological polar surface area (TPSA) is 70.6 Å². The van der Waals surface area contributed by atoms with Gasteiger partial charge in [-0.2, -0.15) is 0 Å². The maximum atomic E-state index is 12.7. The Morgan fingerprint density at radius 3 is 2.88 bits per heavy atom. The normalized spacial score (nSPS) is 21.5. The van der Waals surface area contributed by atoms with Crippen molar-refractivity contribution in [1.29, 1.82) is 0 Å². The molecule has 0 saturated carbocycles. The molecule has 0 aliphatic carbocycles. The van der Waals surface area contributed by atoms with Crippen molar-refractivity contribution in [2.75, 3.05) is 51.3 Å². The van der Waals surface area contributed by atoms with E-state index in [1.807, 2.05) is 6.92 Å². The number of likely N-dealkylation sites (N-methyl/N-ethyl adjacent to an activating group) is 1. The van der Waals surface area contributed by atoms with E-state index in [1.165, 1.54) is 11.3 Å². The lowest BCUT2D eigenvalue weighted by molar-refractivity contribution is 0.0860. The van der Waals surface area contributed by atoms with E-state index in [1.54, 1.807) is 6.33 Å². The molecule has 2 aromatic rings. The number of anilines is 1. The van der Waals surface area contributed by atoms with Crippen LogP contribution in [0.2, 0.25) is 0 Å². The first-order valence-electron chi connectivity index (χ1n) is 9.21. The van der Waals surface area contributed by atoms with E-state index < -0.39 is 0 Å². The van der Waals surface area contributed by atoms with E-state index in [2.05, 4.69) is 32.1 Å². The zero-order valence-corrected chi connectivity index (χ0v) is 16.1. The Bertz CT molecular complexity index is 794. The molecule has 0 bridgehead atoms. The zero-order valence-electron chi connectivity index (χ0n) is 15.3. The molecule has 0 aromatic carbocycles. The van der Waals surface area contributed by atoms with E-state index >= 15 is 0 Å². The first kappa shape index (κ1) is 17.6. The second-order valence-electron chi connectivity index (χ2n) is 7.07. The van der Waals surface area contributed by atoms with Crippen LogP contribution in [0.15, 0.2) is 6.33 Å². The number of thiophene rings is 1. The lowest BCUT2D eigenvalue weighted by atomic mass is 10.1. The zero-order chi connectivity index (χ0) is 18.1. The number of nitrogens with zero attached hydrogens (tertiary/aromatic N) is 4. The Labute approximate surface area is 157 Å². The van der Waals surface area contributed by atoms with Crippen molar-refractivity contribution in [3.05, 3.63) is 16.8 Å². The molecule has 2 fully saturated rings. The van der Waals surface area contributed by atoms with Gasteiger partial charge in [-0.1, -0.05) is 0 Å². The van der Waals surface area contributed by atoms with Gasteiger partial charge in [0.2, 0.25) is 0 Å². The van der Waals surface area contributed by atoms with Gasteiger partial charge in [0.05, 0.1) is 16.4 Å². The van der Waals surface area contributed by atoms with Crippen LogP contribution in [0.4, 0.5) is 5.82 Å². The number of ether oxygens (including phenoxy) is 1. The molecule has 2 saturated heterocycles. The maximum absolute atomic E-state index is 12.7. The van der Waals surface area contributed by atoms with Gasteiger partial charge in [-0.15, -0.1) is 11.3 Å². The lowest BCUT2D eigenvalue weighted by Crippen LogP contribution is -2.44. The summed E-state index contributed by atoms with van der Waals surface area (Å²) in [4.78, 5) is 27.9. The van der Waals surface area contributed by atoms with Gasteiger partial charge in [-0.3, -0.25) is 4.79 Å². The fourth-order valence-electron chi connectivity index (χ4n) is 3.62.